The monoisotopic (exact) mass is 252 g/mol. The van der Waals surface area contributed by atoms with Gasteiger partial charge in [-0.1, -0.05) is 25.4 Å². The highest BCUT2D eigenvalue weighted by molar-refractivity contribution is 6.31. The minimum absolute atomic E-state index is 0.467. The summed E-state index contributed by atoms with van der Waals surface area (Å²) in [6, 6.07) is 5.73. The second-order valence-electron chi connectivity index (χ2n) is 5.08. The molecule has 1 saturated heterocycles. The molecule has 0 aliphatic carbocycles. The molecular formula is C14H21ClN2. The van der Waals surface area contributed by atoms with E-state index in [-0.39, 0.29) is 0 Å². The van der Waals surface area contributed by atoms with Gasteiger partial charge in [-0.25, -0.2) is 0 Å². The molecule has 0 atom stereocenters. The maximum atomic E-state index is 6.05. The first kappa shape index (κ1) is 12.6. The molecule has 3 heteroatoms. The fourth-order valence-corrected chi connectivity index (χ4v) is 2.92. The number of hydrogen-bond donors (Lipinski definition) is 1. The summed E-state index contributed by atoms with van der Waals surface area (Å²) in [5, 5.41) is 0.764. The Labute approximate surface area is 109 Å². The van der Waals surface area contributed by atoms with Crippen LogP contribution in [0.1, 0.15) is 33.1 Å². The number of benzene rings is 1. The van der Waals surface area contributed by atoms with Gasteiger partial charge in [0.1, 0.15) is 0 Å². The average molecular weight is 253 g/mol. The molecule has 1 aliphatic heterocycles. The van der Waals surface area contributed by atoms with Gasteiger partial charge in [0.25, 0.3) is 0 Å². The maximum Gasteiger partial charge on any atom is 0.0615 e. The van der Waals surface area contributed by atoms with Crippen molar-refractivity contribution in [2.24, 2.45) is 5.41 Å². The predicted molar refractivity (Wildman–Crippen MR) is 75.7 cm³/mol. The normalized spacial score (nSPS) is 18.6. The Morgan fingerprint density at radius 1 is 1.35 bits per heavy atom. The fourth-order valence-electron chi connectivity index (χ4n) is 2.76. The molecule has 0 radical (unpaired) electrons. The molecule has 1 aliphatic rings. The maximum absolute atomic E-state index is 6.05. The summed E-state index contributed by atoms with van der Waals surface area (Å²) in [6.07, 6.45) is 3.73. The van der Waals surface area contributed by atoms with Gasteiger partial charge >= 0.3 is 0 Å². The second-order valence-corrected chi connectivity index (χ2v) is 5.52. The molecule has 0 spiro atoms. The Hall–Kier alpha value is -0.890. The van der Waals surface area contributed by atoms with E-state index in [4.69, 9.17) is 17.3 Å². The highest BCUT2D eigenvalue weighted by Gasteiger charge is 2.35. The van der Waals surface area contributed by atoms with Gasteiger partial charge in [-0.3, -0.25) is 0 Å². The molecule has 1 aromatic carbocycles. The Kier molecular flexibility index (Phi) is 3.53. The van der Waals surface area contributed by atoms with Crippen LogP contribution in [0.4, 0.5) is 11.4 Å². The van der Waals surface area contributed by atoms with E-state index in [0.717, 1.165) is 29.5 Å². The van der Waals surface area contributed by atoms with E-state index in [0.29, 0.717) is 5.41 Å². The van der Waals surface area contributed by atoms with Crippen LogP contribution in [0, 0.1) is 5.41 Å². The Morgan fingerprint density at radius 3 is 2.65 bits per heavy atom. The van der Waals surface area contributed by atoms with E-state index >= 15 is 0 Å². The number of halogens is 1. The van der Waals surface area contributed by atoms with E-state index in [2.05, 4.69) is 18.7 Å². The standard InChI is InChI=1S/C14H21ClN2/c1-3-14(4-2)7-8-17(10-14)13-9-11(15)5-6-12(13)16/h5-6,9H,3-4,7-8,10,16H2,1-2H3. The first-order valence-electron chi connectivity index (χ1n) is 6.40. The smallest absolute Gasteiger partial charge is 0.0615 e. The summed E-state index contributed by atoms with van der Waals surface area (Å²) >= 11 is 6.05. The number of hydrogen-bond acceptors (Lipinski definition) is 2. The fraction of sp³-hybridized carbons (Fsp3) is 0.571. The molecule has 17 heavy (non-hydrogen) atoms. The van der Waals surface area contributed by atoms with E-state index in [1.807, 2.05) is 18.2 Å². The molecule has 0 saturated carbocycles. The predicted octanol–water partition coefficient (Wildman–Crippen LogP) is 3.94. The van der Waals surface area contributed by atoms with Crippen molar-refractivity contribution in [1.29, 1.82) is 0 Å². The van der Waals surface area contributed by atoms with E-state index < -0.39 is 0 Å². The third kappa shape index (κ3) is 2.37. The number of rotatable bonds is 3. The molecule has 2 N–H and O–H groups in total. The molecule has 1 heterocycles. The van der Waals surface area contributed by atoms with Crippen LogP contribution in [0.15, 0.2) is 18.2 Å². The lowest BCUT2D eigenvalue weighted by Gasteiger charge is -2.27. The van der Waals surface area contributed by atoms with Gasteiger partial charge in [0.15, 0.2) is 0 Å². The number of anilines is 2. The molecule has 0 aromatic heterocycles. The van der Waals surface area contributed by atoms with Crippen molar-refractivity contribution in [2.45, 2.75) is 33.1 Å². The van der Waals surface area contributed by atoms with Gasteiger partial charge in [-0.2, -0.15) is 0 Å². The zero-order valence-corrected chi connectivity index (χ0v) is 11.4. The molecule has 1 fully saturated rings. The number of nitrogens with two attached hydrogens (primary N) is 1. The van der Waals surface area contributed by atoms with Crippen LogP contribution in [-0.4, -0.2) is 13.1 Å². The van der Waals surface area contributed by atoms with E-state index in [9.17, 15) is 0 Å². The average Bonchev–Trinajstić information content (AvgIpc) is 2.77. The van der Waals surface area contributed by atoms with Gasteiger partial charge < -0.3 is 10.6 Å². The molecule has 94 valence electrons. The first-order chi connectivity index (χ1) is 8.10. The summed E-state index contributed by atoms with van der Waals surface area (Å²) in [6.45, 7) is 6.76. The van der Waals surface area contributed by atoms with Crippen LogP contribution in [0.3, 0.4) is 0 Å². The van der Waals surface area contributed by atoms with Gasteiger partial charge in [0, 0.05) is 18.1 Å². The molecular weight excluding hydrogens is 232 g/mol. The lowest BCUT2D eigenvalue weighted by molar-refractivity contribution is 0.301. The second kappa shape index (κ2) is 4.77. The number of nitrogens with zero attached hydrogens (tertiary/aromatic N) is 1. The van der Waals surface area contributed by atoms with Crippen molar-refractivity contribution in [1.82, 2.24) is 0 Å². The lowest BCUT2D eigenvalue weighted by atomic mass is 9.82. The largest absolute Gasteiger partial charge is 0.397 e. The zero-order valence-electron chi connectivity index (χ0n) is 10.7. The minimum Gasteiger partial charge on any atom is -0.397 e. The van der Waals surface area contributed by atoms with Gasteiger partial charge in [-0.05, 0) is 42.9 Å². The third-order valence-corrected chi connectivity index (χ3v) is 4.51. The highest BCUT2D eigenvalue weighted by Crippen LogP contribution is 2.40. The summed E-state index contributed by atoms with van der Waals surface area (Å²) in [4.78, 5) is 2.38. The van der Waals surface area contributed by atoms with Crippen LogP contribution in [-0.2, 0) is 0 Å². The van der Waals surface area contributed by atoms with Gasteiger partial charge in [0.2, 0.25) is 0 Å². The molecule has 2 nitrogen and oxygen atoms in total. The third-order valence-electron chi connectivity index (χ3n) is 4.27. The summed E-state index contributed by atoms with van der Waals surface area (Å²) in [5.74, 6) is 0. The van der Waals surface area contributed by atoms with Crippen molar-refractivity contribution in [3.63, 3.8) is 0 Å². The van der Waals surface area contributed by atoms with Gasteiger partial charge in [-0.15, -0.1) is 0 Å². The van der Waals surface area contributed by atoms with Crippen LogP contribution in [0.5, 0.6) is 0 Å². The van der Waals surface area contributed by atoms with Crippen molar-refractivity contribution in [2.75, 3.05) is 23.7 Å². The van der Waals surface area contributed by atoms with Crippen molar-refractivity contribution in [3.05, 3.63) is 23.2 Å². The first-order valence-corrected chi connectivity index (χ1v) is 6.78. The minimum atomic E-state index is 0.467. The number of nitrogen functional groups attached to an aromatic ring is 1. The van der Waals surface area contributed by atoms with Crippen LogP contribution < -0.4 is 10.6 Å². The Balaban J connectivity index is 2.23. The molecule has 0 unspecified atom stereocenters. The Morgan fingerprint density at radius 2 is 2.06 bits per heavy atom. The van der Waals surface area contributed by atoms with Crippen molar-refractivity contribution in [3.8, 4) is 0 Å². The summed E-state index contributed by atoms with van der Waals surface area (Å²) in [7, 11) is 0. The SMILES string of the molecule is CCC1(CC)CCN(c2cc(Cl)ccc2N)C1. The Bertz CT molecular complexity index is 399. The van der Waals surface area contributed by atoms with E-state index in [1.165, 1.54) is 19.3 Å². The van der Waals surface area contributed by atoms with Crippen molar-refractivity contribution >= 4 is 23.0 Å². The van der Waals surface area contributed by atoms with E-state index in [1.54, 1.807) is 0 Å². The summed E-state index contributed by atoms with van der Waals surface area (Å²) < 4.78 is 0. The zero-order chi connectivity index (χ0) is 12.5. The molecule has 2 rings (SSSR count). The summed E-state index contributed by atoms with van der Waals surface area (Å²) in [5.41, 5.74) is 8.44. The topological polar surface area (TPSA) is 29.3 Å². The lowest BCUT2D eigenvalue weighted by Crippen LogP contribution is -2.26. The quantitative estimate of drug-likeness (QED) is 0.826. The van der Waals surface area contributed by atoms with Crippen LogP contribution in [0.25, 0.3) is 0 Å². The van der Waals surface area contributed by atoms with Crippen LogP contribution in [0.2, 0.25) is 5.02 Å². The van der Waals surface area contributed by atoms with Crippen molar-refractivity contribution < 1.29 is 0 Å². The van der Waals surface area contributed by atoms with Gasteiger partial charge in [0.05, 0.1) is 11.4 Å². The molecule has 0 bridgehead atoms. The molecule has 1 aromatic rings. The highest BCUT2D eigenvalue weighted by atomic mass is 35.5. The molecule has 0 amide bonds. The van der Waals surface area contributed by atoms with Crippen LogP contribution >= 0.6 is 11.6 Å².